The molecule has 1 aromatic rings. The van der Waals surface area contributed by atoms with Gasteiger partial charge in [-0.1, -0.05) is 17.7 Å². The van der Waals surface area contributed by atoms with Crippen molar-refractivity contribution in [1.82, 2.24) is 10.6 Å². The Kier molecular flexibility index (Phi) is 6.68. The molecule has 0 aliphatic heterocycles. The average Bonchev–Trinajstić information content (AvgIpc) is 3.20. The maximum Gasteiger partial charge on any atom is 0.234 e. The van der Waals surface area contributed by atoms with Crippen molar-refractivity contribution in [1.29, 1.82) is 0 Å². The molecule has 0 aromatic heterocycles. The van der Waals surface area contributed by atoms with Crippen LogP contribution in [0.2, 0.25) is 5.02 Å². The van der Waals surface area contributed by atoms with Gasteiger partial charge in [0.1, 0.15) is 5.82 Å². The lowest BCUT2D eigenvalue weighted by Crippen LogP contribution is -2.36. The van der Waals surface area contributed by atoms with Crippen molar-refractivity contribution in [2.75, 3.05) is 13.1 Å². The van der Waals surface area contributed by atoms with Crippen molar-refractivity contribution in [3.63, 3.8) is 0 Å². The summed E-state index contributed by atoms with van der Waals surface area (Å²) in [4.78, 5) is 11.5. The van der Waals surface area contributed by atoms with Crippen LogP contribution in [0.4, 0.5) is 4.39 Å². The number of halogens is 3. The lowest BCUT2D eigenvalue weighted by atomic mass is 10.1. The van der Waals surface area contributed by atoms with E-state index in [4.69, 9.17) is 11.6 Å². The second-order valence-corrected chi connectivity index (χ2v) is 5.06. The Morgan fingerprint density at radius 3 is 2.80 bits per heavy atom. The van der Waals surface area contributed by atoms with E-state index in [9.17, 15) is 14.3 Å². The van der Waals surface area contributed by atoms with Gasteiger partial charge in [0, 0.05) is 12.6 Å². The molecule has 20 heavy (non-hydrogen) atoms. The highest BCUT2D eigenvalue weighted by atomic mass is 35.5. The number of aliphatic hydroxyl groups excluding tert-OH is 1. The number of aliphatic hydroxyl groups is 1. The quantitative estimate of drug-likeness (QED) is 0.748. The van der Waals surface area contributed by atoms with Crippen LogP contribution in [0.25, 0.3) is 0 Å². The van der Waals surface area contributed by atoms with E-state index in [0.717, 1.165) is 12.8 Å². The van der Waals surface area contributed by atoms with E-state index in [1.54, 1.807) is 0 Å². The molecule has 0 heterocycles. The Bertz CT molecular complexity index is 470. The summed E-state index contributed by atoms with van der Waals surface area (Å²) in [5.74, 6) is -0.764. The molecule has 2 rings (SSSR count). The monoisotopic (exact) mass is 322 g/mol. The third-order valence-corrected chi connectivity index (χ3v) is 3.26. The first-order valence-corrected chi connectivity index (χ1v) is 6.57. The summed E-state index contributed by atoms with van der Waals surface area (Å²) in [5.41, 5.74) is 0.386. The number of benzene rings is 1. The fraction of sp³-hybridized carbons (Fsp3) is 0.462. The molecule has 1 aromatic carbocycles. The van der Waals surface area contributed by atoms with Gasteiger partial charge in [-0.25, -0.2) is 4.39 Å². The van der Waals surface area contributed by atoms with Gasteiger partial charge in [-0.15, -0.1) is 12.4 Å². The standard InChI is InChI=1S/C13H16ClFN2O2.ClH/c14-10-4-1-8(5-11(10)15)12(18)6-17-13(19)7-16-9-2-3-9;/h1,4-5,9,12,16,18H,2-3,6-7H2,(H,17,19);1H. The molecular formula is C13H17Cl2FN2O2. The molecule has 0 radical (unpaired) electrons. The summed E-state index contributed by atoms with van der Waals surface area (Å²) in [6.07, 6.45) is 1.27. The minimum Gasteiger partial charge on any atom is -0.387 e. The molecular weight excluding hydrogens is 306 g/mol. The second kappa shape index (κ2) is 7.78. The zero-order valence-corrected chi connectivity index (χ0v) is 12.3. The van der Waals surface area contributed by atoms with Gasteiger partial charge in [0.05, 0.1) is 17.7 Å². The van der Waals surface area contributed by atoms with Gasteiger partial charge in [-0.2, -0.15) is 0 Å². The van der Waals surface area contributed by atoms with E-state index in [1.165, 1.54) is 18.2 Å². The van der Waals surface area contributed by atoms with Crippen LogP contribution in [0.5, 0.6) is 0 Å². The molecule has 3 N–H and O–H groups in total. The van der Waals surface area contributed by atoms with E-state index in [0.29, 0.717) is 11.6 Å². The number of hydrogen-bond acceptors (Lipinski definition) is 3. The molecule has 0 saturated heterocycles. The predicted octanol–water partition coefficient (Wildman–Crippen LogP) is 1.80. The van der Waals surface area contributed by atoms with Crippen molar-refractivity contribution in [3.05, 3.63) is 34.6 Å². The van der Waals surface area contributed by atoms with Crippen LogP contribution >= 0.6 is 24.0 Å². The van der Waals surface area contributed by atoms with Gasteiger partial charge in [-0.05, 0) is 30.5 Å². The maximum atomic E-state index is 13.2. The van der Waals surface area contributed by atoms with Crippen LogP contribution in [0.3, 0.4) is 0 Å². The molecule has 1 atom stereocenters. The Labute approximate surface area is 128 Å². The van der Waals surface area contributed by atoms with Crippen LogP contribution < -0.4 is 10.6 Å². The van der Waals surface area contributed by atoms with Crippen LogP contribution in [0.15, 0.2) is 18.2 Å². The van der Waals surface area contributed by atoms with Crippen molar-refractivity contribution in [3.8, 4) is 0 Å². The smallest absolute Gasteiger partial charge is 0.234 e. The third-order valence-electron chi connectivity index (χ3n) is 2.95. The molecule has 1 amide bonds. The molecule has 1 unspecified atom stereocenters. The van der Waals surface area contributed by atoms with E-state index < -0.39 is 11.9 Å². The van der Waals surface area contributed by atoms with Crippen molar-refractivity contribution in [2.45, 2.75) is 25.0 Å². The number of carbonyl (C=O) groups excluding carboxylic acids is 1. The predicted molar refractivity (Wildman–Crippen MR) is 77.7 cm³/mol. The van der Waals surface area contributed by atoms with Gasteiger partial charge in [-0.3, -0.25) is 4.79 Å². The van der Waals surface area contributed by atoms with Gasteiger partial charge >= 0.3 is 0 Å². The molecule has 1 aliphatic rings. The number of nitrogens with one attached hydrogen (secondary N) is 2. The summed E-state index contributed by atoms with van der Waals surface area (Å²) in [7, 11) is 0. The topological polar surface area (TPSA) is 61.4 Å². The SMILES string of the molecule is Cl.O=C(CNC1CC1)NCC(O)c1ccc(Cl)c(F)c1. The molecule has 1 aliphatic carbocycles. The minimum atomic E-state index is -0.948. The summed E-state index contributed by atoms with van der Waals surface area (Å²) in [6, 6.07) is 4.54. The fourth-order valence-electron chi connectivity index (χ4n) is 1.64. The highest BCUT2D eigenvalue weighted by Gasteiger charge is 2.21. The number of carbonyl (C=O) groups is 1. The number of hydrogen-bond donors (Lipinski definition) is 3. The van der Waals surface area contributed by atoms with Gasteiger partial charge in [0.2, 0.25) is 5.91 Å². The first kappa shape index (κ1) is 17.2. The average molecular weight is 323 g/mol. The highest BCUT2D eigenvalue weighted by Crippen LogP contribution is 2.20. The lowest BCUT2D eigenvalue weighted by Gasteiger charge is -2.13. The van der Waals surface area contributed by atoms with Gasteiger partial charge in [0.25, 0.3) is 0 Å². The Balaban J connectivity index is 0.00000200. The number of rotatable bonds is 6. The Morgan fingerprint density at radius 2 is 2.20 bits per heavy atom. The van der Waals surface area contributed by atoms with E-state index in [2.05, 4.69) is 10.6 Å². The van der Waals surface area contributed by atoms with Crippen LogP contribution in [0, 0.1) is 5.82 Å². The molecule has 0 spiro atoms. The second-order valence-electron chi connectivity index (χ2n) is 4.65. The van der Waals surface area contributed by atoms with E-state index >= 15 is 0 Å². The first-order chi connectivity index (χ1) is 9.06. The number of amides is 1. The summed E-state index contributed by atoms with van der Waals surface area (Å²) in [6.45, 7) is 0.290. The Hall–Kier alpha value is -0.880. The lowest BCUT2D eigenvalue weighted by molar-refractivity contribution is -0.120. The highest BCUT2D eigenvalue weighted by molar-refractivity contribution is 6.30. The molecule has 1 saturated carbocycles. The van der Waals surface area contributed by atoms with Gasteiger partial charge < -0.3 is 15.7 Å². The first-order valence-electron chi connectivity index (χ1n) is 6.19. The van der Waals surface area contributed by atoms with Crippen LogP contribution in [0.1, 0.15) is 24.5 Å². The largest absolute Gasteiger partial charge is 0.387 e. The summed E-state index contributed by atoms with van der Waals surface area (Å²) < 4.78 is 13.2. The summed E-state index contributed by atoms with van der Waals surface area (Å²) in [5, 5.41) is 15.5. The summed E-state index contributed by atoms with van der Waals surface area (Å²) >= 11 is 5.55. The van der Waals surface area contributed by atoms with Crippen LogP contribution in [-0.4, -0.2) is 30.1 Å². The molecule has 112 valence electrons. The van der Waals surface area contributed by atoms with E-state index in [1.807, 2.05) is 0 Å². The van der Waals surface area contributed by atoms with Gasteiger partial charge in [0.15, 0.2) is 0 Å². The third kappa shape index (κ3) is 5.25. The minimum absolute atomic E-state index is 0. The normalized spacial score (nSPS) is 15.3. The molecule has 4 nitrogen and oxygen atoms in total. The van der Waals surface area contributed by atoms with Crippen molar-refractivity contribution >= 4 is 29.9 Å². The Morgan fingerprint density at radius 1 is 1.50 bits per heavy atom. The molecule has 7 heteroatoms. The van der Waals surface area contributed by atoms with Crippen molar-refractivity contribution in [2.24, 2.45) is 0 Å². The molecule has 0 bridgehead atoms. The zero-order valence-electron chi connectivity index (χ0n) is 10.7. The molecule has 1 fully saturated rings. The zero-order chi connectivity index (χ0) is 13.8. The van der Waals surface area contributed by atoms with E-state index in [-0.39, 0.29) is 36.4 Å². The maximum absolute atomic E-state index is 13.2. The van der Waals surface area contributed by atoms with Crippen LogP contribution in [-0.2, 0) is 4.79 Å². The fourth-order valence-corrected chi connectivity index (χ4v) is 1.75. The van der Waals surface area contributed by atoms with Crippen molar-refractivity contribution < 1.29 is 14.3 Å².